The number of hydrogen-bond acceptors (Lipinski definition) is 6. The van der Waals surface area contributed by atoms with Gasteiger partial charge in [0.2, 0.25) is 0 Å². The SMILES string of the molecule is Cc1cc(C(=O)[O-])ccc1-c1ccc(/C=N\NC(=O)c2cccs2)o1. The highest BCUT2D eigenvalue weighted by Crippen LogP contribution is 2.25. The van der Waals surface area contributed by atoms with Gasteiger partial charge in [-0.25, -0.2) is 5.43 Å². The van der Waals surface area contributed by atoms with Crippen LogP contribution in [0.4, 0.5) is 0 Å². The number of amides is 1. The van der Waals surface area contributed by atoms with Crippen LogP contribution in [0, 0.1) is 6.92 Å². The van der Waals surface area contributed by atoms with Crippen molar-refractivity contribution in [1.82, 2.24) is 5.43 Å². The molecule has 0 spiro atoms. The number of aryl methyl sites for hydroxylation is 1. The van der Waals surface area contributed by atoms with E-state index in [2.05, 4.69) is 10.5 Å². The number of rotatable bonds is 5. The van der Waals surface area contributed by atoms with Crippen LogP contribution in [0.1, 0.15) is 31.4 Å². The van der Waals surface area contributed by atoms with Crippen LogP contribution in [0.15, 0.2) is 57.4 Å². The molecule has 7 heteroatoms. The highest BCUT2D eigenvalue weighted by molar-refractivity contribution is 7.12. The van der Waals surface area contributed by atoms with Gasteiger partial charge >= 0.3 is 0 Å². The second-order valence-corrected chi connectivity index (χ2v) is 6.14. The molecule has 0 radical (unpaired) electrons. The Morgan fingerprint density at radius 3 is 2.76 bits per heavy atom. The van der Waals surface area contributed by atoms with E-state index < -0.39 is 5.97 Å². The minimum Gasteiger partial charge on any atom is -0.545 e. The Hall–Kier alpha value is -3.19. The van der Waals surface area contributed by atoms with Gasteiger partial charge in [0, 0.05) is 5.56 Å². The first kappa shape index (κ1) is 16.7. The Balaban J connectivity index is 1.71. The summed E-state index contributed by atoms with van der Waals surface area (Å²) in [6, 6.07) is 11.6. The molecule has 25 heavy (non-hydrogen) atoms. The molecule has 3 aromatic rings. The fourth-order valence-corrected chi connectivity index (χ4v) is 2.87. The maximum absolute atomic E-state index is 11.8. The zero-order valence-electron chi connectivity index (χ0n) is 13.2. The number of nitrogens with one attached hydrogen (secondary N) is 1. The molecular formula is C18H13N2O4S-. The van der Waals surface area contributed by atoms with Gasteiger partial charge < -0.3 is 14.3 Å². The van der Waals surface area contributed by atoms with Crippen LogP contribution in [-0.2, 0) is 0 Å². The van der Waals surface area contributed by atoms with E-state index in [1.54, 1.807) is 37.3 Å². The molecule has 0 aliphatic carbocycles. The number of carboxylic acids is 1. The smallest absolute Gasteiger partial charge is 0.281 e. The van der Waals surface area contributed by atoms with Crippen molar-refractivity contribution in [2.24, 2.45) is 5.10 Å². The van der Waals surface area contributed by atoms with Crippen molar-refractivity contribution in [3.05, 3.63) is 69.6 Å². The molecule has 126 valence electrons. The van der Waals surface area contributed by atoms with Gasteiger partial charge in [-0.15, -0.1) is 11.3 Å². The Bertz CT molecular complexity index is 942. The summed E-state index contributed by atoms with van der Waals surface area (Å²) in [6.07, 6.45) is 1.40. The van der Waals surface area contributed by atoms with Gasteiger partial charge in [0.05, 0.1) is 17.1 Å². The Morgan fingerprint density at radius 2 is 2.08 bits per heavy atom. The summed E-state index contributed by atoms with van der Waals surface area (Å²) in [5.41, 5.74) is 4.06. The molecule has 1 aromatic carbocycles. The van der Waals surface area contributed by atoms with Crippen LogP contribution in [-0.4, -0.2) is 18.1 Å². The minimum absolute atomic E-state index is 0.117. The third kappa shape index (κ3) is 3.84. The van der Waals surface area contributed by atoms with E-state index in [0.717, 1.165) is 11.1 Å². The van der Waals surface area contributed by atoms with Gasteiger partial charge in [0.1, 0.15) is 11.5 Å². The van der Waals surface area contributed by atoms with Crippen molar-refractivity contribution in [3.63, 3.8) is 0 Å². The van der Waals surface area contributed by atoms with Crippen molar-refractivity contribution in [2.75, 3.05) is 0 Å². The molecule has 0 saturated heterocycles. The van der Waals surface area contributed by atoms with E-state index in [0.29, 0.717) is 16.4 Å². The Labute approximate surface area is 147 Å². The number of benzene rings is 1. The van der Waals surface area contributed by atoms with Crippen LogP contribution in [0.25, 0.3) is 11.3 Å². The number of nitrogens with zero attached hydrogens (tertiary/aromatic N) is 1. The summed E-state index contributed by atoms with van der Waals surface area (Å²) >= 11 is 1.33. The molecule has 6 nitrogen and oxygen atoms in total. The molecule has 1 amide bonds. The van der Waals surface area contributed by atoms with Crippen LogP contribution in [0.3, 0.4) is 0 Å². The van der Waals surface area contributed by atoms with E-state index in [4.69, 9.17) is 4.42 Å². The van der Waals surface area contributed by atoms with Gasteiger partial charge in [0.15, 0.2) is 0 Å². The standard InChI is InChI=1S/C18H14N2O4S/c1-11-9-12(18(22)23)4-6-14(11)15-7-5-13(24-15)10-19-20-17(21)16-3-2-8-25-16/h2-10H,1H3,(H,20,21)(H,22,23)/p-1/b19-10-. The minimum atomic E-state index is -1.22. The zero-order valence-corrected chi connectivity index (χ0v) is 14.0. The van der Waals surface area contributed by atoms with E-state index >= 15 is 0 Å². The first-order valence-electron chi connectivity index (χ1n) is 7.33. The highest BCUT2D eigenvalue weighted by Gasteiger charge is 2.08. The Kier molecular flexibility index (Phi) is 4.76. The molecule has 0 unspecified atom stereocenters. The number of carbonyl (C=O) groups excluding carboxylic acids is 2. The van der Waals surface area contributed by atoms with Gasteiger partial charge in [-0.2, -0.15) is 5.10 Å². The molecule has 2 aromatic heterocycles. The summed E-state index contributed by atoms with van der Waals surface area (Å²) in [6.45, 7) is 1.79. The lowest BCUT2D eigenvalue weighted by molar-refractivity contribution is -0.255. The molecule has 0 fully saturated rings. The first-order chi connectivity index (χ1) is 12.0. The normalized spacial score (nSPS) is 10.9. The predicted octanol–water partition coefficient (Wildman–Crippen LogP) is 2.44. The van der Waals surface area contributed by atoms with E-state index in [1.807, 2.05) is 5.38 Å². The Morgan fingerprint density at radius 1 is 1.24 bits per heavy atom. The van der Waals surface area contributed by atoms with Crippen LogP contribution in [0.2, 0.25) is 0 Å². The number of hydrazone groups is 1. The van der Waals surface area contributed by atoms with E-state index in [-0.39, 0.29) is 11.5 Å². The van der Waals surface area contributed by atoms with Crippen molar-refractivity contribution in [2.45, 2.75) is 6.92 Å². The van der Waals surface area contributed by atoms with Crippen molar-refractivity contribution < 1.29 is 19.1 Å². The maximum Gasteiger partial charge on any atom is 0.281 e. The van der Waals surface area contributed by atoms with Gasteiger partial charge in [-0.1, -0.05) is 18.2 Å². The monoisotopic (exact) mass is 353 g/mol. The second-order valence-electron chi connectivity index (χ2n) is 5.20. The highest BCUT2D eigenvalue weighted by atomic mass is 32.1. The third-order valence-electron chi connectivity index (χ3n) is 3.46. The summed E-state index contributed by atoms with van der Waals surface area (Å²) in [4.78, 5) is 23.2. The molecular weight excluding hydrogens is 340 g/mol. The van der Waals surface area contributed by atoms with Crippen molar-refractivity contribution >= 4 is 29.4 Å². The zero-order chi connectivity index (χ0) is 17.8. The summed E-state index contributed by atoms with van der Waals surface area (Å²) < 4.78 is 5.66. The molecule has 0 aliphatic heterocycles. The lowest BCUT2D eigenvalue weighted by Crippen LogP contribution is -2.22. The van der Waals surface area contributed by atoms with Crippen LogP contribution < -0.4 is 10.5 Å². The average molecular weight is 353 g/mol. The van der Waals surface area contributed by atoms with Crippen molar-refractivity contribution in [1.29, 1.82) is 0 Å². The quantitative estimate of drug-likeness (QED) is 0.563. The summed E-state index contributed by atoms with van der Waals surface area (Å²) in [7, 11) is 0. The molecule has 0 bridgehead atoms. The second kappa shape index (κ2) is 7.14. The topological polar surface area (TPSA) is 94.7 Å². The average Bonchev–Trinajstić information content (AvgIpc) is 3.26. The summed E-state index contributed by atoms with van der Waals surface area (Å²) in [5, 5.41) is 16.6. The number of carbonyl (C=O) groups is 2. The molecule has 0 atom stereocenters. The molecule has 0 saturated carbocycles. The van der Waals surface area contributed by atoms with Gasteiger partial charge in [0.25, 0.3) is 5.91 Å². The fourth-order valence-electron chi connectivity index (χ4n) is 2.25. The van der Waals surface area contributed by atoms with Crippen LogP contribution >= 0.6 is 11.3 Å². The third-order valence-corrected chi connectivity index (χ3v) is 4.33. The number of aromatic carboxylic acids is 1. The maximum atomic E-state index is 11.8. The summed E-state index contributed by atoms with van der Waals surface area (Å²) in [5.74, 6) is -0.464. The number of furan rings is 1. The predicted molar refractivity (Wildman–Crippen MR) is 92.6 cm³/mol. The number of carboxylic acid groups (broad SMARTS) is 1. The van der Waals surface area contributed by atoms with Gasteiger partial charge in [-0.3, -0.25) is 4.79 Å². The van der Waals surface area contributed by atoms with Gasteiger partial charge in [-0.05, 0) is 47.7 Å². The molecule has 3 rings (SSSR count). The molecule has 2 heterocycles. The first-order valence-corrected chi connectivity index (χ1v) is 8.21. The van der Waals surface area contributed by atoms with E-state index in [9.17, 15) is 14.7 Å². The largest absolute Gasteiger partial charge is 0.545 e. The van der Waals surface area contributed by atoms with Crippen molar-refractivity contribution in [3.8, 4) is 11.3 Å². The number of thiophene rings is 1. The van der Waals surface area contributed by atoms with Crippen LogP contribution in [0.5, 0.6) is 0 Å². The molecule has 0 aliphatic rings. The van der Waals surface area contributed by atoms with E-state index in [1.165, 1.54) is 29.7 Å². The molecule has 1 N–H and O–H groups in total. The fraction of sp³-hybridized carbons (Fsp3) is 0.0556. The number of hydrogen-bond donors (Lipinski definition) is 1. The lowest BCUT2D eigenvalue weighted by Gasteiger charge is -2.07. The lowest BCUT2D eigenvalue weighted by atomic mass is 10.0.